The van der Waals surface area contributed by atoms with Gasteiger partial charge in [0.1, 0.15) is 11.5 Å². The average molecular weight is 427 g/mol. The van der Waals surface area contributed by atoms with Gasteiger partial charge < -0.3 is 9.84 Å². The van der Waals surface area contributed by atoms with Gasteiger partial charge in [0.25, 0.3) is 0 Å². The lowest BCUT2D eigenvalue weighted by Gasteiger charge is -2.10. The van der Waals surface area contributed by atoms with E-state index in [0.717, 1.165) is 0 Å². The predicted octanol–water partition coefficient (Wildman–Crippen LogP) is 3.33. The van der Waals surface area contributed by atoms with Crippen molar-refractivity contribution >= 4 is 50.3 Å². The van der Waals surface area contributed by atoms with E-state index in [4.69, 9.17) is 4.74 Å². The fraction of sp³-hybridized carbons (Fsp3) is 0.333. The van der Waals surface area contributed by atoms with Gasteiger partial charge in [-0.25, -0.2) is 0 Å². The van der Waals surface area contributed by atoms with Gasteiger partial charge in [-0.3, -0.25) is 9.59 Å². The first kappa shape index (κ1) is 15.4. The van der Waals surface area contributed by atoms with Crippen LogP contribution in [0, 0.1) is 5.92 Å². The van der Waals surface area contributed by atoms with E-state index in [0.29, 0.717) is 4.47 Å². The predicted molar refractivity (Wildman–Crippen MR) is 79.5 cm³/mol. The third-order valence-electron chi connectivity index (χ3n) is 2.17. The minimum atomic E-state index is -0.418. The van der Waals surface area contributed by atoms with Crippen molar-refractivity contribution in [2.24, 2.45) is 5.92 Å². The molecule has 0 fully saturated rings. The number of phenolic OH excluding ortho intramolecular Hbond substituents is 1. The number of hydrogen-bond acceptors (Lipinski definition) is 4. The number of carbonyl (C=O) groups excluding carboxylic acids is 2. The normalized spacial score (nSPS) is 10.5. The fourth-order valence-corrected chi connectivity index (χ4v) is 1.86. The summed E-state index contributed by atoms with van der Waals surface area (Å²) in [6.07, 6.45) is 0. The molecular weight excluding hydrogens is 415 g/mol. The van der Waals surface area contributed by atoms with Gasteiger partial charge in [0.15, 0.2) is 5.78 Å². The molecule has 1 N–H and O–H groups in total. The lowest BCUT2D eigenvalue weighted by molar-refractivity contribution is -0.131. The zero-order valence-electron chi connectivity index (χ0n) is 9.87. The standard InChI is InChI=1S/C12H12BrIO4/c1-6(2)12(17)7-3-8(13)10(4-9(7)15)18-11(16)5-14/h3-4,6,15H,5H2,1-2H3. The van der Waals surface area contributed by atoms with E-state index in [1.165, 1.54) is 12.1 Å². The van der Waals surface area contributed by atoms with Crippen LogP contribution in [-0.2, 0) is 4.79 Å². The second-order valence-electron chi connectivity index (χ2n) is 3.93. The number of rotatable bonds is 4. The van der Waals surface area contributed by atoms with Crippen molar-refractivity contribution in [1.82, 2.24) is 0 Å². The van der Waals surface area contributed by atoms with Gasteiger partial charge in [-0.2, -0.15) is 0 Å². The van der Waals surface area contributed by atoms with Crippen molar-refractivity contribution in [3.8, 4) is 11.5 Å². The summed E-state index contributed by atoms with van der Waals surface area (Å²) in [6.45, 7) is 3.50. The van der Waals surface area contributed by atoms with E-state index in [2.05, 4.69) is 15.9 Å². The molecule has 1 aromatic rings. The summed E-state index contributed by atoms with van der Waals surface area (Å²) >= 11 is 5.09. The zero-order valence-corrected chi connectivity index (χ0v) is 13.6. The van der Waals surface area contributed by atoms with Crippen LogP contribution in [0.5, 0.6) is 11.5 Å². The summed E-state index contributed by atoms with van der Waals surface area (Å²) in [6, 6.07) is 2.73. The Kier molecular flexibility index (Phi) is 5.58. The monoisotopic (exact) mass is 426 g/mol. The molecule has 0 bridgehead atoms. The fourth-order valence-electron chi connectivity index (χ4n) is 1.28. The van der Waals surface area contributed by atoms with Crippen molar-refractivity contribution in [2.45, 2.75) is 13.8 Å². The largest absolute Gasteiger partial charge is 0.507 e. The molecule has 0 saturated carbocycles. The molecule has 0 atom stereocenters. The summed E-state index contributed by atoms with van der Waals surface area (Å²) in [7, 11) is 0. The molecule has 0 amide bonds. The Morgan fingerprint density at radius 1 is 1.44 bits per heavy atom. The molecule has 98 valence electrons. The molecule has 4 nitrogen and oxygen atoms in total. The molecule has 0 aromatic heterocycles. The van der Waals surface area contributed by atoms with Crippen LogP contribution in [-0.4, -0.2) is 21.3 Å². The highest BCUT2D eigenvalue weighted by Gasteiger charge is 2.18. The van der Waals surface area contributed by atoms with Crippen LogP contribution in [0.2, 0.25) is 0 Å². The highest BCUT2D eigenvalue weighted by atomic mass is 127. The number of benzene rings is 1. The summed E-state index contributed by atoms with van der Waals surface area (Å²) in [5, 5.41) is 9.79. The molecule has 0 spiro atoms. The number of alkyl halides is 1. The molecule has 0 unspecified atom stereocenters. The zero-order chi connectivity index (χ0) is 13.9. The van der Waals surface area contributed by atoms with Crippen LogP contribution < -0.4 is 4.74 Å². The number of hydrogen-bond donors (Lipinski definition) is 1. The Labute approximate surface area is 127 Å². The van der Waals surface area contributed by atoms with Gasteiger partial charge in [-0.1, -0.05) is 36.4 Å². The first-order valence-corrected chi connectivity index (χ1v) is 7.52. The maximum absolute atomic E-state index is 11.8. The summed E-state index contributed by atoms with van der Waals surface area (Å²) in [5.41, 5.74) is 0.214. The van der Waals surface area contributed by atoms with E-state index in [-0.39, 0.29) is 33.2 Å². The second-order valence-corrected chi connectivity index (χ2v) is 5.54. The molecule has 0 radical (unpaired) electrons. The number of carbonyl (C=O) groups is 2. The van der Waals surface area contributed by atoms with Crippen LogP contribution in [0.4, 0.5) is 0 Å². The quantitative estimate of drug-likeness (QED) is 0.263. The summed E-state index contributed by atoms with van der Waals surface area (Å²) in [5.74, 6) is -0.785. The van der Waals surface area contributed by atoms with Crippen LogP contribution in [0.3, 0.4) is 0 Å². The van der Waals surface area contributed by atoms with Crippen molar-refractivity contribution < 1.29 is 19.4 Å². The molecule has 18 heavy (non-hydrogen) atoms. The number of ketones is 1. The summed E-state index contributed by atoms with van der Waals surface area (Å²) in [4.78, 5) is 23.0. The second kappa shape index (κ2) is 6.51. The molecule has 0 aliphatic rings. The molecule has 0 aliphatic carbocycles. The van der Waals surface area contributed by atoms with Crippen LogP contribution >= 0.6 is 38.5 Å². The lowest BCUT2D eigenvalue weighted by Crippen LogP contribution is -2.11. The molecule has 0 heterocycles. The van der Waals surface area contributed by atoms with Crippen molar-refractivity contribution in [2.75, 3.05) is 4.43 Å². The Morgan fingerprint density at radius 3 is 2.56 bits per heavy atom. The third kappa shape index (κ3) is 3.68. The van der Waals surface area contributed by atoms with E-state index < -0.39 is 5.97 Å². The Morgan fingerprint density at radius 2 is 2.06 bits per heavy atom. The van der Waals surface area contributed by atoms with E-state index in [1.807, 2.05) is 22.6 Å². The van der Waals surface area contributed by atoms with E-state index in [9.17, 15) is 14.7 Å². The van der Waals surface area contributed by atoms with Crippen molar-refractivity contribution in [1.29, 1.82) is 0 Å². The number of halogens is 2. The molecule has 0 saturated heterocycles. The molecule has 0 aliphatic heterocycles. The number of aromatic hydroxyl groups is 1. The highest BCUT2D eigenvalue weighted by Crippen LogP contribution is 2.33. The first-order valence-electron chi connectivity index (χ1n) is 5.20. The summed E-state index contributed by atoms with van der Waals surface area (Å²) < 4.78 is 5.67. The third-order valence-corrected chi connectivity index (χ3v) is 3.42. The van der Waals surface area contributed by atoms with E-state index in [1.54, 1.807) is 13.8 Å². The molecule has 6 heteroatoms. The minimum Gasteiger partial charge on any atom is -0.507 e. The van der Waals surface area contributed by atoms with Gasteiger partial charge in [-0.05, 0) is 22.0 Å². The number of ether oxygens (including phenoxy) is 1. The topological polar surface area (TPSA) is 63.6 Å². The van der Waals surface area contributed by atoms with Gasteiger partial charge in [-0.15, -0.1) is 0 Å². The van der Waals surface area contributed by atoms with Gasteiger partial charge in [0, 0.05) is 12.0 Å². The van der Waals surface area contributed by atoms with Crippen molar-refractivity contribution in [3.05, 3.63) is 22.2 Å². The minimum absolute atomic E-state index is 0.167. The Balaban J connectivity index is 3.12. The molecule has 1 aromatic carbocycles. The van der Waals surface area contributed by atoms with Crippen LogP contribution in [0.15, 0.2) is 16.6 Å². The van der Waals surface area contributed by atoms with Gasteiger partial charge in [0.2, 0.25) is 0 Å². The van der Waals surface area contributed by atoms with Gasteiger partial charge >= 0.3 is 5.97 Å². The molecular formula is C12H12BrIO4. The average Bonchev–Trinajstić information content (AvgIpc) is 2.32. The van der Waals surface area contributed by atoms with Crippen LogP contribution in [0.1, 0.15) is 24.2 Å². The number of Topliss-reactive ketones (excluding diaryl/α,β-unsaturated/α-hetero) is 1. The Hall–Kier alpha value is -0.630. The smallest absolute Gasteiger partial charge is 0.321 e. The van der Waals surface area contributed by atoms with Crippen LogP contribution in [0.25, 0.3) is 0 Å². The number of esters is 1. The van der Waals surface area contributed by atoms with E-state index >= 15 is 0 Å². The maximum Gasteiger partial charge on any atom is 0.321 e. The lowest BCUT2D eigenvalue weighted by atomic mass is 10.0. The van der Waals surface area contributed by atoms with Crippen molar-refractivity contribution in [3.63, 3.8) is 0 Å². The maximum atomic E-state index is 11.8. The Bertz CT molecular complexity index is 485. The molecule has 1 rings (SSSR count). The number of phenols is 1. The van der Waals surface area contributed by atoms with Gasteiger partial charge in [0.05, 0.1) is 14.5 Å². The SMILES string of the molecule is CC(C)C(=O)c1cc(Br)c(OC(=O)CI)cc1O. The highest BCUT2D eigenvalue weighted by molar-refractivity contribution is 14.1. The first-order chi connectivity index (χ1) is 8.36.